The maximum atomic E-state index is 11.7. The summed E-state index contributed by atoms with van der Waals surface area (Å²) in [5.74, 6) is -0.569. The predicted molar refractivity (Wildman–Crippen MR) is 78.5 cm³/mol. The first-order chi connectivity index (χ1) is 9.58. The Kier molecular flexibility index (Phi) is 6.73. The van der Waals surface area contributed by atoms with Crippen molar-refractivity contribution in [2.24, 2.45) is 5.73 Å². The van der Waals surface area contributed by atoms with Gasteiger partial charge in [-0.2, -0.15) is 0 Å². The molecule has 3 N–H and O–H groups in total. The van der Waals surface area contributed by atoms with Gasteiger partial charge in [0.1, 0.15) is 0 Å². The molecular formula is C15H22N2O3. The number of rotatable bonds is 7. The molecule has 1 aromatic carbocycles. The maximum absolute atomic E-state index is 11.7. The van der Waals surface area contributed by atoms with Gasteiger partial charge in [0.15, 0.2) is 0 Å². The highest BCUT2D eigenvalue weighted by Crippen LogP contribution is 2.11. The standard InChI is InChI=1S/C15H22N2O3/c1-3-5-13(16)14(18)17-12-8-6-11(7-9-12)15(19)20-10-4-2/h6-9,13H,3-5,10,16H2,1-2H3,(H,17,18). The smallest absolute Gasteiger partial charge is 0.338 e. The van der Waals surface area contributed by atoms with Crippen LogP contribution in [0, 0.1) is 0 Å². The van der Waals surface area contributed by atoms with Gasteiger partial charge in [0.25, 0.3) is 0 Å². The Morgan fingerprint density at radius 2 is 1.85 bits per heavy atom. The van der Waals surface area contributed by atoms with E-state index in [1.165, 1.54) is 0 Å². The van der Waals surface area contributed by atoms with Crippen LogP contribution in [0.2, 0.25) is 0 Å². The van der Waals surface area contributed by atoms with Gasteiger partial charge in [0.05, 0.1) is 18.2 Å². The van der Waals surface area contributed by atoms with Gasteiger partial charge < -0.3 is 15.8 Å². The molecule has 1 aromatic rings. The number of nitrogens with one attached hydrogen (secondary N) is 1. The largest absolute Gasteiger partial charge is 0.462 e. The zero-order valence-corrected chi connectivity index (χ0v) is 12.0. The SMILES string of the molecule is CCCOC(=O)c1ccc(NC(=O)C(N)CCC)cc1. The number of carbonyl (C=O) groups is 2. The molecule has 110 valence electrons. The molecule has 0 spiro atoms. The summed E-state index contributed by atoms with van der Waals surface area (Å²) in [5, 5.41) is 2.72. The van der Waals surface area contributed by atoms with Crippen molar-refractivity contribution in [3.63, 3.8) is 0 Å². The van der Waals surface area contributed by atoms with Gasteiger partial charge >= 0.3 is 5.97 Å². The van der Waals surface area contributed by atoms with Crippen LogP contribution in [0.5, 0.6) is 0 Å². The molecule has 0 radical (unpaired) electrons. The topological polar surface area (TPSA) is 81.4 Å². The first-order valence-corrected chi connectivity index (χ1v) is 6.92. The molecule has 0 heterocycles. The van der Waals surface area contributed by atoms with E-state index in [0.717, 1.165) is 12.8 Å². The average Bonchev–Trinajstić information content (AvgIpc) is 2.45. The van der Waals surface area contributed by atoms with Crippen LogP contribution in [0.1, 0.15) is 43.5 Å². The van der Waals surface area contributed by atoms with Gasteiger partial charge in [-0.1, -0.05) is 20.3 Å². The first kappa shape index (κ1) is 16.2. The highest BCUT2D eigenvalue weighted by molar-refractivity contribution is 5.95. The highest BCUT2D eigenvalue weighted by atomic mass is 16.5. The number of benzene rings is 1. The number of anilines is 1. The molecule has 0 aliphatic heterocycles. The normalized spacial score (nSPS) is 11.8. The second-order valence-electron chi connectivity index (χ2n) is 4.60. The van der Waals surface area contributed by atoms with Gasteiger partial charge in [-0.05, 0) is 37.1 Å². The van der Waals surface area contributed by atoms with Gasteiger partial charge in [-0.15, -0.1) is 0 Å². The van der Waals surface area contributed by atoms with Crippen molar-refractivity contribution in [2.45, 2.75) is 39.2 Å². The average molecular weight is 278 g/mol. The molecule has 5 nitrogen and oxygen atoms in total. The van der Waals surface area contributed by atoms with Crippen molar-refractivity contribution >= 4 is 17.6 Å². The first-order valence-electron chi connectivity index (χ1n) is 6.92. The second kappa shape index (κ2) is 8.32. The van der Waals surface area contributed by atoms with E-state index >= 15 is 0 Å². The summed E-state index contributed by atoms with van der Waals surface area (Å²) in [6.07, 6.45) is 2.29. The molecule has 0 fully saturated rings. The van der Waals surface area contributed by atoms with E-state index in [2.05, 4.69) is 5.32 Å². The molecule has 1 atom stereocenters. The van der Waals surface area contributed by atoms with E-state index in [9.17, 15) is 9.59 Å². The van der Waals surface area contributed by atoms with Crippen molar-refractivity contribution in [3.05, 3.63) is 29.8 Å². The summed E-state index contributed by atoms with van der Waals surface area (Å²) in [6.45, 7) is 4.32. The van der Waals surface area contributed by atoms with Crippen LogP contribution in [0.4, 0.5) is 5.69 Å². The van der Waals surface area contributed by atoms with E-state index in [1.54, 1.807) is 24.3 Å². The fourth-order valence-corrected chi connectivity index (χ4v) is 1.64. The van der Waals surface area contributed by atoms with E-state index in [-0.39, 0.29) is 11.9 Å². The summed E-state index contributed by atoms with van der Waals surface area (Å²) in [7, 11) is 0. The molecule has 1 rings (SSSR count). The third-order valence-corrected chi connectivity index (χ3v) is 2.76. The fourth-order valence-electron chi connectivity index (χ4n) is 1.64. The minimum atomic E-state index is -0.505. The number of ether oxygens (including phenoxy) is 1. The lowest BCUT2D eigenvalue weighted by atomic mass is 10.1. The zero-order chi connectivity index (χ0) is 15.0. The second-order valence-corrected chi connectivity index (χ2v) is 4.60. The van der Waals surface area contributed by atoms with Gasteiger partial charge in [-0.3, -0.25) is 4.79 Å². The lowest BCUT2D eigenvalue weighted by molar-refractivity contribution is -0.117. The Morgan fingerprint density at radius 1 is 1.20 bits per heavy atom. The van der Waals surface area contributed by atoms with Crippen LogP contribution in [-0.4, -0.2) is 24.5 Å². The van der Waals surface area contributed by atoms with Crippen LogP contribution in [0.3, 0.4) is 0 Å². The molecule has 5 heteroatoms. The third-order valence-electron chi connectivity index (χ3n) is 2.76. The summed E-state index contributed by atoms with van der Waals surface area (Å²) >= 11 is 0. The Labute approximate surface area is 119 Å². The van der Waals surface area contributed by atoms with Gasteiger partial charge in [0.2, 0.25) is 5.91 Å². The van der Waals surface area contributed by atoms with Crippen molar-refractivity contribution in [2.75, 3.05) is 11.9 Å². The monoisotopic (exact) mass is 278 g/mol. The van der Waals surface area contributed by atoms with Crippen molar-refractivity contribution in [1.29, 1.82) is 0 Å². The van der Waals surface area contributed by atoms with E-state index < -0.39 is 6.04 Å². The Morgan fingerprint density at radius 3 is 2.40 bits per heavy atom. The molecule has 0 aliphatic rings. The Hall–Kier alpha value is -1.88. The number of carbonyl (C=O) groups excluding carboxylic acids is 2. The summed E-state index contributed by atoms with van der Waals surface area (Å²) in [5.41, 5.74) is 6.81. The molecule has 1 amide bonds. The number of hydrogen-bond acceptors (Lipinski definition) is 4. The number of hydrogen-bond donors (Lipinski definition) is 2. The van der Waals surface area contributed by atoms with Crippen molar-refractivity contribution < 1.29 is 14.3 Å². The molecule has 0 saturated carbocycles. The van der Waals surface area contributed by atoms with E-state index in [1.807, 2.05) is 13.8 Å². The van der Waals surface area contributed by atoms with Crippen molar-refractivity contribution in [3.8, 4) is 0 Å². The zero-order valence-electron chi connectivity index (χ0n) is 12.0. The van der Waals surface area contributed by atoms with Crippen LogP contribution in [0.15, 0.2) is 24.3 Å². The lowest BCUT2D eigenvalue weighted by Crippen LogP contribution is -2.35. The van der Waals surface area contributed by atoms with Crippen LogP contribution < -0.4 is 11.1 Å². The van der Waals surface area contributed by atoms with Crippen molar-refractivity contribution in [1.82, 2.24) is 0 Å². The summed E-state index contributed by atoms with van der Waals surface area (Å²) in [6, 6.07) is 6.07. The fraction of sp³-hybridized carbons (Fsp3) is 0.467. The van der Waals surface area contributed by atoms with Gasteiger partial charge in [0, 0.05) is 5.69 Å². The quantitative estimate of drug-likeness (QED) is 0.750. The number of esters is 1. The predicted octanol–water partition coefficient (Wildman–Crippen LogP) is 2.32. The molecule has 0 saturated heterocycles. The number of nitrogens with two attached hydrogens (primary N) is 1. The summed E-state index contributed by atoms with van der Waals surface area (Å²) < 4.78 is 5.02. The van der Waals surface area contributed by atoms with E-state index in [4.69, 9.17) is 10.5 Å². The minimum absolute atomic E-state index is 0.215. The molecular weight excluding hydrogens is 256 g/mol. The van der Waals surface area contributed by atoms with Crippen LogP contribution >= 0.6 is 0 Å². The van der Waals surface area contributed by atoms with Crippen LogP contribution in [-0.2, 0) is 9.53 Å². The Bertz CT molecular complexity index is 443. The van der Waals surface area contributed by atoms with E-state index in [0.29, 0.717) is 24.3 Å². The van der Waals surface area contributed by atoms with Crippen LogP contribution in [0.25, 0.3) is 0 Å². The summed E-state index contributed by atoms with van der Waals surface area (Å²) in [4.78, 5) is 23.3. The molecule has 1 unspecified atom stereocenters. The lowest BCUT2D eigenvalue weighted by Gasteiger charge is -2.11. The maximum Gasteiger partial charge on any atom is 0.338 e. The molecule has 0 aromatic heterocycles. The highest BCUT2D eigenvalue weighted by Gasteiger charge is 2.12. The minimum Gasteiger partial charge on any atom is -0.462 e. The third kappa shape index (κ3) is 5.01. The van der Waals surface area contributed by atoms with Gasteiger partial charge in [-0.25, -0.2) is 4.79 Å². The molecule has 0 aliphatic carbocycles. The Balaban J connectivity index is 2.58. The molecule has 0 bridgehead atoms. The molecule has 20 heavy (non-hydrogen) atoms. The number of amides is 1.